The number of nitrogens with zero attached hydrogens (tertiary/aromatic N) is 1. The van der Waals surface area contributed by atoms with Crippen molar-refractivity contribution in [3.05, 3.63) is 33.9 Å². The van der Waals surface area contributed by atoms with Crippen LogP contribution >= 0.6 is 0 Å². The van der Waals surface area contributed by atoms with Crippen LogP contribution in [0.1, 0.15) is 31.1 Å². The van der Waals surface area contributed by atoms with Crippen LogP contribution < -0.4 is 5.32 Å². The van der Waals surface area contributed by atoms with E-state index in [1.54, 1.807) is 27.8 Å². The molecular formula is C14H18N2O5. The summed E-state index contributed by atoms with van der Waals surface area (Å²) in [5.41, 5.74) is -0.513. The van der Waals surface area contributed by atoms with Crippen molar-refractivity contribution in [3.8, 4) is 0 Å². The minimum absolute atomic E-state index is 0.0300. The summed E-state index contributed by atoms with van der Waals surface area (Å²) < 4.78 is 4.89. The molecule has 0 aliphatic carbocycles. The molecule has 0 spiro atoms. The number of nitro benzene ring substituents is 1. The van der Waals surface area contributed by atoms with E-state index in [0.717, 1.165) is 6.07 Å². The molecule has 0 radical (unpaired) electrons. The normalized spacial score (nSPS) is 10.9. The number of Topliss-reactive ketones (excluding diaryl/α,β-unsaturated/α-hetero) is 1. The van der Waals surface area contributed by atoms with Crippen LogP contribution in [-0.4, -0.2) is 30.3 Å². The van der Waals surface area contributed by atoms with Crippen LogP contribution in [0.3, 0.4) is 0 Å². The van der Waals surface area contributed by atoms with E-state index in [1.165, 1.54) is 12.1 Å². The maximum atomic E-state index is 11.8. The molecule has 0 aromatic heterocycles. The van der Waals surface area contributed by atoms with Crippen LogP contribution in [-0.2, 0) is 9.53 Å². The summed E-state index contributed by atoms with van der Waals surface area (Å²) in [6.45, 7) is 4.80. The Hall–Kier alpha value is -2.44. The third-order valence-electron chi connectivity index (χ3n) is 2.87. The molecule has 1 N–H and O–H groups in total. The number of esters is 1. The summed E-state index contributed by atoms with van der Waals surface area (Å²) in [4.78, 5) is 33.8. The quantitative estimate of drug-likeness (QED) is 0.508. The van der Waals surface area contributed by atoms with Gasteiger partial charge in [-0.3, -0.25) is 14.9 Å². The van der Waals surface area contributed by atoms with E-state index < -0.39 is 16.3 Å². The van der Waals surface area contributed by atoms with Crippen molar-refractivity contribution in [2.75, 3.05) is 19.0 Å². The highest BCUT2D eigenvalue weighted by Gasteiger charge is 2.23. The van der Waals surface area contributed by atoms with Gasteiger partial charge >= 0.3 is 5.97 Å². The molecule has 0 aliphatic rings. The number of anilines is 1. The van der Waals surface area contributed by atoms with Gasteiger partial charge in [-0.05, 0) is 12.1 Å². The highest BCUT2D eigenvalue weighted by atomic mass is 16.6. The van der Waals surface area contributed by atoms with E-state index >= 15 is 0 Å². The number of nitrogens with one attached hydrogen (secondary N) is 1. The van der Waals surface area contributed by atoms with Crippen LogP contribution in [0, 0.1) is 15.5 Å². The molecule has 7 nitrogen and oxygen atoms in total. The van der Waals surface area contributed by atoms with E-state index in [1.807, 2.05) is 0 Å². The second kappa shape index (κ2) is 6.34. The number of hydrogen-bond donors (Lipinski definition) is 1. The van der Waals surface area contributed by atoms with Gasteiger partial charge in [-0.25, -0.2) is 4.79 Å². The highest BCUT2D eigenvalue weighted by molar-refractivity contribution is 5.94. The molecule has 0 amide bonds. The first-order chi connectivity index (χ1) is 9.66. The maximum Gasteiger partial charge on any atom is 0.338 e. The third-order valence-corrected chi connectivity index (χ3v) is 2.87. The van der Waals surface area contributed by atoms with Crippen molar-refractivity contribution in [1.29, 1.82) is 0 Å². The van der Waals surface area contributed by atoms with Gasteiger partial charge in [0, 0.05) is 18.5 Å². The van der Waals surface area contributed by atoms with Crippen LogP contribution in [0.4, 0.5) is 11.4 Å². The summed E-state index contributed by atoms with van der Waals surface area (Å²) in [7, 11) is 1.54. The van der Waals surface area contributed by atoms with Crippen molar-refractivity contribution in [3.63, 3.8) is 0 Å². The van der Waals surface area contributed by atoms with Crippen molar-refractivity contribution < 1.29 is 19.2 Å². The lowest BCUT2D eigenvalue weighted by atomic mass is 9.91. The Morgan fingerprint density at radius 1 is 1.33 bits per heavy atom. The molecule has 0 saturated carbocycles. The number of benzene rings is 1. The van der Waals surface area contributed by atoms with Crippen molar-refractivity contribution in [1.82, 2.24) is 0 Å². The average Bonchev–Trinajstić information content (AvgIpc) is 2.42. The topological polar surface area (TPSA) is 98.5 Å². The van der Waals surface area contributed by atoms with E-state index in [2.05, 4.69) is 5.32 Å². The van der Waals surface area contributed by atoms with E-state index in [-0.39, 0.29) is 23.6 Å². The molecule has 0 bridgehead atoms. The number of carbonyl (C=O) groups excluding carboxylic acids is 2. The molecule has 0 unspecified atom stereocenters. The predicted molar refractivity (Wildman–Crippen MR) is 77.4 cm³/mol. The molecule has 114 valence electrons. The number of ether oxygens (including phenoxy) is 1. The molecule has 1 rings (SSSR count). The Kier molecular flexibility index (Phi) is 5.02. The van der Waals surface area contributed by atoms with Crippen molar-refractivity contribution in [2.45, 2.75) is 20.8 Å². The first-order valence-corrected chi connectivity index (χ1v) is 6.33. The largest absolute Gasteiger partial charge is 0.454 e. The summed E-state index contributed by atoms with van der Waals surface area (Å²) in [5, 5.41) is 13.6. The van der Waals surface area contributed by atoms with Gasteiger partial charge in [0.1, 0.15) is 5.69 Å². The summed E-state index contributed by atoms with van der Waals surface area (Å²) in [6, 6.07) is 3.94. The minimum Gasteiger partial charge on any atom is -0.454 e. The van der Waals surface area contributed by atoms with E-state index in [4.69, 9.17) is 4.74 Å². The van der Waals surface area contributed by atoms with Gasteiger partial charge in [0.25, 0.3) is 5.69 Å². The monoisotopic (exact) mass is 294 g/mol. The highest BCUT2D eigenvalue weighted by Crippen LogP contribution is 2.25. The fraction of sp³-hybridized carbons (Fsp3) is 0.429. The summed E-state index contributed by atoms with van der Waals surface area (Å²) in [5.74, 6) is -0.990. The molecule has 0 atom stereocenters. The Balaban J connectivity index is 2.87. The Morgan fingerprint density at radius 3 is 2.43 bits per heavy atom. The second-order valence-electron chi connectivity index (χ2n) is 5.49. The molecule has 0 fully saturated rings. The van der Waals surface area contributed by atoms with Gasteiger partial charge in [-0.1, -0.05) is 20.8 Å². The minimum atomic E-state index is -0.765. The molecule has 0 saturated heterocycles. The van der Waals surface area contributed by atoms with E-state index in [0.29, 0.717) is 5.69 Å². The zero-order valence-electron chi connectivity index (χ0n) is 12.4. The molecule has 0 heterocycles. The first kappa shape index (κ1) is 16.6. The number of carbonyl (C=O) groups is 2. The molecule has 1 aromatic carbocycles. The fourth-order valence-electron chi connectivity index (χ4n) is 1.45. The molecular weight excluding hydrogens is 276 g/mol. The number of ketones is 1. The standard InChI is InChI=1S/C14H18N2O5/c1-14(2,3)12(17)8-21-13(18)9-5-6-10(15-4)11(7-9)16(19)20/h5-7,15H,8H2,1-4H3. The third kappa shape index (κ3) is 4.27. The second-order valence-corrected chi connectivity index (χ2v) is 5.49. The van der Waals surface area contributed by atoms with Crippen LogP contribution in [0.15, 0.2) is 18.2 Å². The van der Waals surface area contributed by atoms with Gasteiger partial charge in [-0.2, -0.15) is 0 Å². The fourth-order valence-corrected chi connectivity index (χ4v) is 1.45. The summed E-state index contributed by atoms with van der Waals surface area (Å²) in [6.07, 6.45) is 0. The Morgan fingerprint density at radius 2 is 1.95 bits per heavy atom. The van der Waals surface area contributed by atoms with Crippen LogP contribution in [0.2, 0.25) is 0 Å². The Bertz CT molecular complexity index is 575. The predicted octanol–water partition coefficient (Wildman–Crippen LogP) is 2.41. The van der Waals surface area contributed by atoms with E-state index in [9.17, 15) is 19.7 Å². The van der Waals surface area contributed by atoms with Crippen LogP contribution in [0.25, 0.3) is 0 Å². The zero-order chi connectivity index (χ0) is 16.2. The number of rotatable bonds is 5. The molecule has 7 heteroatoms. The van der Waals surface area contributed by atoms with Crippen molar-refractivity contribution >= 4 is 23.1 Å². The van der Waals surface area contributed by atoms with Gasteiger partial charge in [0.15, 0.2) is 12.4 Å². The number of nitro groups is 1. The van der Waals surface area contributed by atoms with Gasteiger partial charge < -0.3 is 10.1 Å². The van der Waals surface area contributed by atoms with Crippen LogP contribution in [0.5, 0.6) is 0 Å². The average molecular weight is 294 g/mol. The summed E-state index contributed by atoms with van der Waals surface area (Å²) >= 11 is 0. The number of hydrogen-bond acceptors (Lipinski definition) is 6. The zero-order valence-corrected chi connectivity index (χ0v) is 12.4. The van der Waals surface area contributed by atoms with Gasteiger partial charge in [0.2, 0.25) is 0 Å². The first-order valence-electron chi connectivity index (χ1n) is 6.33. The smallest absolute Gasteiger partial charge is 0.338 e. The van der Waals surface area contributed by atoms with Gasteiger partial charge in [0.05, 0.1) is 10.5 Å². The lowest BCUT2D eigenvalue weighted by Crippen LogP contribution is -2.26. The molecule has 21 heavy (non-hydrogen) atoms. The lowest BCUT2D eigenvalue weighted by Gasteiger charge is -2.16. The van der Waals surface area contributed by atoms with Crippen molar-refractivity contribution in [2.24, 2.45) is 5.41 Å². The maximum absolute atomic E-state index is 11.8. The molecule has 0 aliphatic heterocycles. The van der Waals surface area contributed by atoms with Gasteiger partial charge in [-0.15, -0.1) is 0 Å². The molecule has 1 aromatic rings. The lowest BCUT2D eigenvalue weighted by molar-refractivity contribution is -0.384. The Labute approximate surface area is 122 Å². The SMILES string of the molecule is CNc1ccc(C(=O)OCC(=O)C(C)(C)C)cc1[N+](=O)[O-].